The van der Waals surface area contributed by atoms with E-state index in [0.29, 0.717) is 12.5 Å². The molecule has 0 unspecified atom stereocenters. The molecule has 1 saturated carbocycles. The van der Waals surface area contributed by atoms with Crippen LogP contribution in [0.4, 0.5) is 0 Å². The summed E-state index contributed by atoms with van der Waals surface area (Å²) < 4.78 is 0. The maximum atomic E-state index is 8.60. The van der Waals surface area contributed by atoms with Gasteiger partial charge in [-0.25, -0.2) is 0 Å². The molecule has 0 bridgehead atoms. The minimum atomic E-state index is 0.421. The second-order valence-corrected chi connectivity index (χ2v) is 2.73. The van der Waals surface area contributed by atoms with E-state index in [4.69, 9.17) is 5.11 Å². The van der Waals surface area contributed by atoms with Crippen molar-refractivity contribution in [1.29, 1.82) is 0 Å². The van der Waals surface area contributed by atoms with Gasteiger partial charge < -0.3 is 5.11 Å². The van der Waals surface area contributed by atoms with E-state index >= 15 is 0 Å². The Balaban J connectivity index is 1.99. The summed E-state index contributed by atoms with van der Waals surface area (Å²) >= 11 is 0. The minimum Gasteiger partial charge on any atom is -0.396 e. The quantitative estimate of drug-likeness (QED) is 0.588. The molecule has 0 saturated heterocycles. The van der Waals surface area contributed by atoms with Gasteiger partial charge in [0.25, 0.3) is 0 Å². The third-order valence-corrected chi connectivity index (χ3v) is 1.96. The molecule has 2 atom stereocenters. The zero-order chi connectivity index (χ0) is 5.98. The molecule has 0 radical (unpaired) electrons. The Morgan fingerprint density at radius 1 is 1.50 bits per heavy atom. The van der Waals surface area contributed by atoms with E-state index in [1.165, 1.54) is 19.3 Å². The monoisotopic (exact) mass is 114 g/mol. The molecule has 0 aromatic carbocycles. The fourth-order valence-corrected chi connectivity index (χ4v) is 1.26. The molecule has 1 N–H and O–H groups in total. The topological polar surface area (TPSA) is 20.2 Å². The molecule has 0 heterocycles. The number of hydrogen-bond donors (Lipinski definition) is 1. The summed E-state index contributed by atoms with van der Waals surface area (Å²) in [6.07, 6.45) is 3.89. The molecular formula is C7H14O. The number of hydrogen-bond acceptors (Lipinski definition) is 1. The summed E-state index contributed by atoms with van der Waals surface area (Å²) in [7, 11) is 0. The van der Waals surface area contributed by atoms with Crippen molar-refractivity contribution in [1.82, 2.24) is 0 Å². The molecule has 0 amide bonds. The lowest BCUT2D eigenvalue weighted by molar-refractivity contribution is 0.267. The molecule has 1 aliphatic rings. The van der Waals surface area contributed by atoms with Crippen molar-refractivity contribution >= 4 is 0 Å². The van der Waals surface area contributed by atoms with Gasteiger partial charge in [0.1, 0.15) is 0 Å². The number of rotatable bonds is 3. The molecular weight excluding hydrogens is 100 g/mol. The third kappa shape index (κ3) is 1.22. The van der Waals surface area contributed by atoms with Gasteiger partial charge in [-0.3, -0.25) is 0 Å². The maximum Gasteiger partial charge on any atom is 0.0462 e. The van der Waals surface area contributed by atoms with Crippen LogP contribution in [0.3, 0.4) is 0 Å². The Hall–Kier alpha value is -0.0400. The summed E-state index contributed by atoms with van der Waals surface area (Å²) in [5.41, 5.74) is 0. The van der Waals surface area contributed by atoms with Crippen molar-refractivity contribution in [2.45, 2.75) is 26.2 Å². The highest BCUT2D eigenvalue weighted by molar-refractivity contribution is 4.84. The van der Waals surface area contributed by atoms with Gasteiger partial charge in [0, 0.05) is 6.61 Å². The lowest BCUT2D eigenvalue weighted by Crippen LogP contribution is -1.87. The largest absolute Gasteiger partial charge is 0.396 e. The molecule has 1 heteroatoms. The van der Waals surface area contributed by atoms with Crippen molar-refractivity contribution in [3.8, 4) is 0 Å². The first kappa shape index (κ1) is 6.09. The second kappa shape index (κ2) is 2.49. The first-order valence-corrected chi connectivity index (χ1v) is 3.49. The van der Waals surface area contributed by atoms with Crippen LogP contribution in [-0.4, -0.2) is 11.7 Å². The van der Waals surface area contributed by atoms with Gasteiger partial charge in [0.05, 0.1) is 0 Å². The van der Waals surface area contributed by atoms with Crippen LogP contribution in [0.5, 0.6) is 0 Å². The number of aliphatic hydroxyl groups is 1. The fourth-order valence-electron chi connectivity index (χ4n) is 1.26. The van der Waals surface area contributed by atoms with Crippen LogP contribution in [0, 0.1) is 11.8 Å². The second-order valence-electron chi connectivity index (χ2n) is 2.73. The summed E-state index contributed by atoms with van der Waals surface area (Å²) in [5, 5.41) is 8.60. The average molecular weight is 114 g/mol. The molecule has 0 aromatic heterocycles. The van der Waals surface area contributed by atoms with Crippen LogP contribution in [0.1, 0.15) is 26.2 Å². The van der Waals surface area contributed by atoms with Gasteiger partial charge in [-0.15, -0.1) is 0 Å². The molecule has 1 nitrogen and oxygen atoms in total. The molecule has 1 rings (SSSR count). The van der Waals surface area contributed by atoms with E-state index < -0.39 is 0 Å². The van der Waals surface area contributed by atoms with E-state index in [1.54, 1.807) is 0 Å². The van der Waals surface area contributed by atoms with Gasteiger partial charge in [-0.1, -0.05) is 19.8 Å². The smallest absolute Gasteiger partial charge is 0.0462 e. The fraction of sp³-hybridized carbons (Fsp3) is 1.00. The van der Waals surface area contributed by atoms with Crippen LogP contribution in [0.2, 0.25) is 0 Å². The first-order valence-electron chi connectivity index (χ1n) is 3.49. The van der Waals surface area contributed by atoms with E-state index in [9.17, 15) is 0 Å². The summed E-state index contributed by atoms with van der Waals surface area (Å²) in [6, 6.07) is 0. The Morgan fingerprint density at radius 2 is 2.25 bits per heavy atom. The first-order chi connectivity index (χ1) is 3.88. The van der Waals surface area contributed by atoms with Gasteiger partial charge in [-0.05, 0) is 18.3 Å². The van der Waals surface area contributed by atoms with Gasteiger partial charge >= 0.3 is 0 Å². The van der Waals surface area contributed by atoms with Crippen LogP contribution >= 0.6 is 0 Å². The van der Waals surface area contributed by atoms with Crippen molar-refractivity contribution in [3.63, 3.8) is 0 Å². The predicted octanol–water partition coefficient (Wildman–Crippen LogP) is 1.41. The Bertz CT molecular complexity index is 70.8. The van der Waals surface area contributed by atoms with E-state index in [1.807, 2.05) is 0 Å². The van der Waals surface area contributed by atoms with Crippen molar-refractivity contribution in [2.75, 3.05) is 6.61 Å². The van der Waals surface area contributed by atoms with Crippen LogP contribution in [0.25, 0.3) is 0 Å². The molecule has 0 spiro atoms. The summed E-state index contributed by atoms with van der Waals surface area (Å²) in [5.74, 6) is 1.56. The highest BCUT2D eigenvalue weighted by Crippen LogP contribution is 2.41. The van der Waals surface area contributed by atoms with Crippen LogP contribution in [0.15, 0.2) is 0 Å². The van der Waals surface area contributed by atoms with Gasteiger partial charge in [0.2, 0.25) is 0 Å². The average Bonchev–Trinajstić information content (AvgIpc) is 2.48. The zero-order valence-corrected chi connectivity index (χ0v) is 5.43. The standard InChI is InChI=1S/C7H14O/c1-2-3-6-4-7(6)5-8/h6-8H,2-5H2,1H3/t6-,7+/m0/s1. The highest BCUT2D eigenvalue weighted by Gasteiger charge is 2.34. The van der Waals surface area contributed by atoms with Crippen LogP contribution < -0.4 is 0 Å². The molecule has 1 aliphatic carbocycles. The SMILES string of the molecule is CCC[C@H]1C[C@@H]1CO. The Morgan fingerprint density at radius 3 is 2.62 bits per heavy atom. The summed E-state index contributed by atoms with van der Waals surface area (Å²) in [4.78, 5) is 0. The minimum absolute atomic E-state index is 0.421. The van der Waals surface area contributed by atoms with E-state index in [2.05, 4.69) is 6.92 Å². The zero-order valence-electron chi connectivity index (χ0n) is 5.43. The predicted molar refractivity (Wildman–Crippen MR) is 33.6 cm³/mol. The van der Waals surface area contributed by atoms with Crippen molar-refractivity contribution in [2.24, 2.45) is 11.8 Å². The van der Waals surface area contributed by atoms with Crippen molar-refractivity contribution in [3.05, 3.63) is 0 Å². The Labute approximate surface area is 50.7 Å². The molecule has 8 heavy (non-hydrogen) atoms. The van der Waals surface area contributed by atoms with E-state index in [-0.39, 0.29) is 0 Å². The maximum absolute atomic E-state index is 8.60. The number of aliphatic hydroxyl groups excluding tert-OH is 1. The lowest BCUT2D eigenvalue weighted by atomic mass is 10.2. The molecule has 1 fully saturated rings. The molecule has 48 valence electrons. The molecule has 0 aromatic rings. The summed E-state index contributed by atoms with van der Waals surface area (Å²) in [6.45, 7) is 2.62. The van der Waals surface area contributed by atoms with Gasteiger partial charge in [-0.2, -0.15) is 0 Å². The Kier molecular flexibility index (Phi) is 1.90. The van der Waals surface area contributed by atoms with Gasteiger partial charge in [0.15, 0.2) is 0 Å². The lowest BCUT2D eigenvalue weighted by Gasteiger charge is -1.89. The van der Waals surface area contributed by atoms with E-state index in [0.717, 1.165) is 5.92 Å². The van der Waals surface area contributed by atoms with Crippen molar-refractivity contribution < 1.29 is 5.11 Å². The highest BCUT2D eigenvalue weighted by atomic mass is 16.3. The molecule has 0 aliphatic heterocycles. The normalized spacial score (nSPS) is 35.2. The van der Waals surface area contributed by atoms with Crippen LogP contribution in [-0.2, 0) is 0 Å². The third-order valence-electron chi connectivity index (χ3n) is 1.96.